The van der Waals surface area contributed by atoms with Gasteiger partial charge < -0.3 is 10.1 Å². The Hall–Kier alpha value is -1.02. The summed E-state index contributed by atoms with van der Waals surface area (Å²) in [4.78, 5) is 0. The molecule has 0 radical (unpaired) electrons. The summed E-state index contributed by atoms with van der Waals surface area (Å²) in [6.07, 6.45) is 7.80. The summed E-state index contributed by atoms with van der Waals surface area (Å²) in [6.45, 7) is 9.89. The van der Waals surface area contributed by atoms with Crippen LogP contribution in [-0.2, 0) is 0 Å². The molecule has 1 rings (SSSR count). The smallest absolute Gasteiger partial charge is 0.124 e. The van der Waals surface area contributed by atoms with E-state index in [0.29, 0.717) is 12.1 Å². The second-order valence-corrected chi connectivity index (χ2v) is 5.99. The predicted molar refractivity (Wildman–Crippen MR) is 92.0 cm³/mol. The van der Waals surface area contributed by atoms with Crippen LogP contribution in [0.2, 0.25) is 0 Å². The Balaban J connectivity index is 2.53. The zero-order valence-corrected chi connectivity index (χ0v) is 14.3. The predicted octanol–water partition coefficient (Wildman–Crippen LogP) is 5.48. The molecular formula is C19H33NO. The normalized spacial score (nSPS) is 13.9. The van der Waals surface area contributed by atoms with Gasteiger partial charge in [0, 0.05) is 11.6 Å². The molecule has 0 aliphatic carbocycles. The molecule has 2 unspecified atom stereocenters. The molecule has 1 N–H and O–H groups in total. The van der Waals surface area contributed by atoms with Gasteiger partial charge in [0.1, 0.15) is 5.75 Å². The van der Waals surface area contributed by atoms with Gasteiger partial charge in [-0.3, -0.25) is 0 Å². The monoisotopic (exact) mass is 291 g/mol. The molecule has 0 saturated heterocycles. The molecule has 2 nitrogen and oxygen atoms in total. The van der Waals surface area contributed by atoms with Gasteiger partial charge in [0.15, 0.2) is 0 Å². The minimum atomic E-state index is 0.293. The molecule has 0 fully saturated rings. The fourth-order valence-electron chi connectivity index (χ4n) is 2.55. The van der Waals surface area contributed by atoms with E-state index in [1.807, 2.05) is 0 Å². The quantitative estimate of drug-likeness (QED) is 0.545. The third kappa shape index (κ3) is 6.99. The highest BCUT2D eigenvalue weighted by molar-refractivity contribution is 5.35. The van der Waals surface area contributed by atoms with Gasteiger partial charge in [0.05, 0.1) is 6.10 Å². The standard InChI is InChI=1S/C19H33NO/c1-5-7-8-9-12-16(3)21-19-14-11-10-13-18(19)17(4)20-15-6-2/h10-11,13-14,16-17,20H,5-9,12,15H2,1-4H3. The fraction of sp³-hybridized carbons (Fsp3) is 0.684. The van der Waals surface area contributed by atoms with Crippen molar-refractivity contribution in [3.05, 3.63) is 29.8 Å². The Morgan fingerprint density at radius 3 is 2.48 bits per heavy atom. The van der Waals surface area contributed by atoms with Gasteiger partial charge in [-0.1, -0.05) is 51.3 Å². The van der Waals surface area contributed by atoms with Crippen LogP contribution in [0.25, 0.3) is 0 Å². The summed E-state index contributed by atoms with van der Waals surface area (Å²) in [6, 6.07) is 8.77. The first-order chi connectivity index (χ1) is 10.2. The number of ether oxygens (including phenoxy) is 1. The lowest BCUT2D eigenvalue weighted by molar-refractivity contribution is 0.203. The second kappa shape index (κ2) is 10.7. The third-order valence-corrected chi connectivity index (χ3v) is 3.88. The highest BCUT2D eigenvalue weighted by Gasteiger charge is 2.12. The first kappa shape index (κ1) is 18.0. The fourth-order valence-corrected chi connectivity index (χ4v) is 2.55. The molecule has 0 aliphatic heterocycles. The van der Waals surface area contributed by atoms with Gasteiger partial charge >= 0.3 is 0 Å². The molecule has 0 bridgehead atoms. The zero-order chi connectivity index (χ0) is 15.5. The molecular weight excluding hydrogens is 258 g/mol. The zero-order valence-electron chi connectivity index (χ0n) is 14.3. The maximum atomic E-state index is 6.19. The molecule has 1 aromatic rings. The van der Waals surface area contributed by atoms with E-state index in [1.165, 1.54) is 31.2 Å². The van der Waals surface area contributed by atoms with E-state index in [4.69, 9.17) is 4.74 Å². The highest BCUT2D eigenvalue weighted by Crippen LogP contribution is 2.26. The van der Waals surface area contributed by atoms with E-state index in [-0.39, 0.29) is 0 Å². The number of para-hydroxylation sites is 1. The van der Waals surface area contributed by atoms with Crippen LogP contribution in [0.5, 0.6) is 5.75 Å². The minimum Gasteiger partial charge on any atom is -0.490 e. The molecule has 2 heteroatoms. The van der Waals surface area contributed by atoms with Gasteiger partial charge in [-0.25, -0.2) is 0 Å². The average molecular weight is 291 g/mol. The van der Waals surface area contributed by atoms with Crippen LogP contribution in [0.3, 0.4) is 0 Å². The van der Waals surface area contributed by atoms with Crippen LogP contribution in [0.15, 0.2) is 24.3 Å². The van der Waals surface area contributed by atoms with E-state index in [9.17, 15) is 0 Å². The van der Waals surface area contributed by atoms with Crippen LogP contribution in [0, 0.1) is 0 Å². The van der Waals surface area contributed by atoms with E-state index in [2.05, 4.69) is 57.3 Å². The number of benzene rings is 1. The van der Waals surface area contributed by atoms with Crippen LogP contribution in [0.4, 0.5) is 0 Å². The summed E-state index contributed by atoms with van der Waals surface area (Å²) in [5.74, 6) is 1.04. The van der Waals surface area contributed by atoms with E-state index in [0.717, 1.165) is 25.1 Å². The first-order valence-corrected chi connectivity index (χ1v) is 8.68. The molecule has 21 heavy (non-hydrogen) atoms. The maximum Gasteiger partial charge on any atom is 0.124 e. The lowest BCUT2D eigenvalue weighted by atomic mass is 10.1. The molecule has 0 aromatic heterocycles. The van der Waals surface area contributed by atoms with Crippen molar-refractivity contribution in [3.63, 3.8) is 0 Å². The van der Waals surface area contributed by atoms with Crippen molar-refractivity contribution in [1.82, 2.24) is 5.32 Å². The Labute approximate surface area is 131 Å². The van der Waals surface area contributed by atoms with Crippen molar-refractivity contribution in [2.75, 3.05) is 6.54 Å². The van der Waals surface area contributed by atoms with E-state index < -0.39 is 0 Å². The van der Waals surface area contributed by atoms with Crippen molar-refractivity contribution >= 4 is 0 Å². The third-order valence-electron chi connectivity index (χ3n) is 3.88. The second-order valence-electron chi connectivity index (χ2n) is 5.99. The van der Waals surface area contributed by atoms with Crippen molar-refractivity contribution in [2.45, 2.75) is 78.4 Å². The number of hydrogen-bond donors (Lipinski definition) is 1. The highest BCUT2D eigenvalue weighted by atomic mass is 16.5. The molecule has 120 valence electrons. The average Bonchev–Trinajstić information content (AvgIpc) is 2.50. The maximum absolute atomic E-state index is 6.19. The summed E-state index contributed by atoms with van der Waals surface area (Å²) in [5, 5.41) is 3.54. The Morgan fingerprint density at radius 1 is 1.00 bits per heavy atom. The Bertz CT molecular complexity index is 378. The Kier molecular flexibility index (Phi) is 9.16. The van der Waals surface area contributed by atoms with Gasteiger partial charge in [-0.2, -0.15) is 0 Å². The molecule has 0 aliphatic rings. The van der Waals surface area contributed by atoms with Crippen LogP contribution < -0.4 is 10.1 Å². The molecule has 1 aromatic carbocycles. The van der Waals surface area contributed by atoms with Crippen LogP contribution in [0.1, 0.15) is 77.8 Å². The topological polar surface area (TPSA) is 21.3 Å². The number of hydrogen-bond acceptors (Lipinski definition) is 2. The summed E-state index contributed by atoms with van der Waals surface area (Å²) in [7, 11) is 0. The Morgan fingerprint density at radius 2 is 1.76 bits per heavy atom. The van der Waals surface area contributed by atoms with Crippen LogP contribution in [-0.4, -0.2) is 12.6 Å². The summed E-state index contributed by atoms with van der Waals surface area (Å²) >= 11 is 0. The minimum absolute atomic E-state index is 0.293. The van der Waals surface area contributed by atoms with Gasteiger partial charge in [-0.15, -0.1) is 0 Å². The van der Waals surface area contributed by atoms with Gasteiger partial charge in [0.25, 0.3) is 0 Å². The molecule has 0 amide bonds. The van der Waals surface area contributed by atoms with Crippen molar-refractivity contribution in [2.24, 2.45) is 0 Å². The van der Waals surface area contributed by atoms with E-state index in [1.54, 1.807) is 0 Å². The van der Waals surface area contributed by atoms with Gasteiger partial charge in [-0.05, 0) is 45.7 Å². The molecule has 0 saturated carbocycles. The summed E-state index contributed by atoms with van der Waals surface area (Å²) < 4.78 is 6.19. The number of unbranched alkanes of at least 4 members (excludes halogenated alkanes) is 3. The molecule has 2 atom stereocenters. The SMILES string of the molecule is CCCCCCC(C)Oc1ccccc1C(C)NCCC. The van der Waals surface area contributed by atoms with Crippen molar-refractivity contribution in [3.8, 4) is 5.75 Å². The number of rotatable bonds is 11. The van der Waals surface area contributed by atoms with Crippen molar-refractivity contribution < 1.29 is 4.74 Å². The van der Waals surface area contributed by atoms with Gasteiger partial charge in [0.2, 0.25) is 0 Å². The largest absolute Gasteiger partial charge is 0.490 e. The van der Waals surface area contributed by atoms with Crippen LogP contribution >= 0.6 is 0 Å². The summed E-state index contributed by atoms with van der Waals surface area (Å²) in [5.41, 5.74) is 1.27. The molecule has 0 spiro atoms. The molecule has 0 heterocycles. The number of nitrogens with one attached hydrogen (secondary N) is 1. The van der Waals surface area contributed by atoms with Crippen molar-refractivity contribution in [1.29, 1.82) is 0 Å². The lowest BCUT2D eigenvalue weighted by Gasteiger charge is -2.21. The first-order valence-electron chi connectivity index (χ1n) is 8.68. The van der Waals surface area contributed by atoms with E-state index >= 15 is 0 Å². The lowest BCUT2D eigenvalue weighted by Crippen LogP contribution is -2.21.